The number of benzene rings is 1. The summed E-state index contributed by atoms with van der Waals surface area (Å²) >= 11 is 0. The highest BCUT2D eigenvalue weighted by atomic mass is 16.5. The zero-order valence-corrected chi connectivity index (χ0v) is 8.78. The van der Waals surface area contributed by atoms with Gasteiger partial charge in [0.2, 0.25) is 0 Å². The predicted octanol–water partition coefficient (Wildman–Crippen LogP) is 1.38. The molecule has 0 saturated heterocycles. The predicted molar refractivity (Wildman–Crippen MR) is 59.5 cm³/mol. The van der Waals surface area contributed by atoms with Crippen LogP contribution in [0.4, 0.5) is 16.2 Å². The SMILES string of the molecule is COC(=O)NC(C)Nc1ccccc1N. The van der Waals surface area contributed by atoms with E-state index in [1.807, 2.05) is 18.2 Å². The van der Waals surface area contributed by atoms with E-state index in [-0.39, 0.29) is 6.17 Å². The van der Waals surface area contributed by atoms with Gasteiger partial charge in [-0.1, -0.05) is 12.1 Å². The number of hydrogen-bond donors (Lipinski definition) is 3. The van der Waals surface area contributed by atoms with Crippen molar-refractivity contribution in [2.24, 2.45) is 0 Å². The molecule has 0 aliphatic heterocycles. The second kappa shape index (κ2) is 5.09. The van der Waals surface area contributed by atoms with Crippen LogP contribution in [0.2, 0.25) is 0 Å². The molecule has 0 heterocycles. The number of rotatable bonds is 3. The Hall–Kier alpha value is -1.91. The minimum absolute atomic E-state index is 0.248. The Balaban J connectivity index is 2.55. The van der Waals surface area contributed by atoms with Crippen molar-refractivity contribution in [1.82, 2.24) is 5.32 Å². The Morgan fingerprint density at radius 2 is 2.13 bits per heavy atom. The van der Waals surface area contributed by atoms with E-state index >= 15 is 0 Å². The van der Waals surface area contributed by atoms with Crippen molar-refractivity contribution < 1.29 is 9.53 Å². The molecule has 0 saturated carbocycles. The number of anilines is 2. The monoisotopic (exact) mass is 209 g/mol. The summed E-state index contributed by atoms with van der Waals surface area (Å²) in [5, 5.41) is 5.62. The molecule has 1 unspecified atom stereocenters. The van der Waals surface area contributed by atoms with Gasteiger partial charge in [-0.2, -0.15) is 0 Å². The zero-order chi connectivity index (χ0) is 11.3. The summed E-state index contributed by atoms with van der Waals surface area (Å²) in [6.07, 6.45) is -0.730. The molecule has 0 aliphatic carbocycles. The van der Waals surface area contributed by atoms with Gasteiger partial charge in [-0.15, -0.1) is 0 Å². The number of hydrogen-bond acceptors (Lipinski definition) is 4. The average Bonchev–Trinajstić information content (AvgIpc) is 2.21. The third-order valence-electron chi connectivity index (χ3n) is 1.85. The lowest BCUT2D eigenvalue weighted by molar-refractivity contribution is 0.168. The van der Waals surface area contributed by atoms with E-state index in [2.05, 4.69) is 15.4 Å². The molecular formula is C10H15N3O2. The van der Waals surface area contributed by atoms with E-state index in [1.165, 1.54) is 7.11 Å². The Bertz CT molecular complexity index is 341. The molecule has 1 rings (SSSR count). The second-order valence-corrected chi connectivity index (χ2v) is 3.09. The van der Waals surface area contributed by atoms with E-state index in [0.717, 1.165) is 5.69 Å². The summed E-state index contributed by atoms with van der Waals surface area (Å²) in [7, 11) is 1.32. The third kappa shape index (κ3) is 3.38. The molecule has 1 amide bonds. The molecule has 4 N–H and O–H groups in total. The van der Waals surface area contributed by atoms with E-state index in [1.54, 1.807) is 13.0 Å². The smallest absolute Gasteiger partial charge is 0.408 e. The first-order valence-electron chi connectivity index (χ1n) is 4.59. The van der Waals surface area contributed by atoms with Crippen LogP contribution in [-0.4, -0.2) is 19.4 Å². The Morgan fingerprint density at radius 1 is 1.47 bits per heavy atom. The largest absolute Gasteiger partial charge is 0.453 e. The van der Waals surface area contributed by atoms with Crippen molar-refractivity contribution in [2.45, 2.75) is 13.1 Å². The van der Waals surface area contributed by atoms with E-state index in [0.29, 0.717) is 5.69 Å². The van der Waals surface area contributed by atoms with Gasteiger partial charge >= 0.3 is 6.09 Å². The maximum atomic E-state index is 10.9. The number of carbonyl (C=O) groups is 1. The first-order chi connectivity index (χ1) is 7.13. The van der Waals surface area contributed by atoms with Crippen LogP contribution in [0.1, 0.15) is 6.92 Å². The Morgan fingerprint density at radius 3 is 2.73 bits per heavy atom. The zero-order valence-electron chi connectivity index (χ0n) is 8.78. The number of nitrogens with one attached hydrogen (secondary N) is 2. The summed E-state index contributed by atoms with van der Waals surface area (Å²) in [5.74, 6) is 0. The number of nitrogen functional groups attached to an aromatic ring is 1. The lowest BCUT2D eigenvalue weighted by atomic mass is 10.2. The van der Waals surface area contributed by atoms with Crippen LogP contribution in [0, 0.1) is 0 Å². The topological polar surface area (TPSA) is 76.4 Å². The van der Waals surface area contributed by atoms with Crippen LogP contribution >= 0.6 is 0 Å². The fourth-order valence-corrected chi connectivity index (χ4v) is 1.13. The van der Waals surface area contributed by atoms with Crippen LogP contribution < -0.4 is 16.4 Å². The molecular weight excluding hydrogens is 194 g/mol. The standard InChI is InChI=1S/C10H15N3O2/c1-7(13-10(14)15-2)12-9-6-4-3-5-8(9)11/h3-7,12H,11H2,1-2H3,(H,13,14). The van der Waals surface area contributed by atoms with Gasteiger partial charge < -0.3 is 21.1 Å². The van der Waals surface area contributed by atoms with Crippen molar-refractivity contribution in [1.29, 1.82) is 0 Å². The van der Waals surface area contributed by atoms with Crippen LogP contribution in [-0.2, 0) is 4.74 Å². The minimum atomic E-state index is -0.482. The van der Waals surface area contributed by atoms with Crippen molar-refractivity contribution in [3.05, 3.63) is 24.3 Å². The molecule has 0 spiro atoms. The molecule has 5 nitrogen and oxygen atoms in total. The Kier molecular flexibility index (Phi) is 3.79. The highest BCUT2D eigenvalue weighted by molar-refractivity contribution is 5.69. The van der Waals surface area contributed by atoms with Crippen molar-refractivity contribution in [3.8, 4) is 0 Å². The van der Waals surface area contributed by atoms with Crippen molar-refractivity contribution in [2.75, 3.05) is 18.2 Å². The minimum Gasteiger partial charge on any atom is -0.453 e. The van der Waals surface area contributed by atoms with E-state index < -0.39 is 6.09 Å². The molecule has 0 fully saturated rings. The molecule has 1 aromatic carbocycles. The number of amides is 1. The highest BCUT2D eigenvalue weighted by Crippen LogP contribution is 2.16. The van der Waals surface area contributed by atoms with Crippen LogP contribution in [0.3, 0.4) is 0 Å². The van der Waals surface area contributed by atoms with Gasteiger partial charge in [0.25, 0.3) is 0 Å². The summed E-state index contributed by atoms with van der Waals surface area (Å²) in [4.78, 5) is 10.9. The molecule has 0 aliphatic rings. The van der Waals surface area contributed by atoms with E-state index in [4.69, 9.17) is 5.73 Å². The molecule has 0 radical (unpaired) electrons. The normalized spacial score (nSPS) is 11.6. The van der Waals surface area contributed by atoms with Crippen LogP contribution in [0.5, 0.6) is 0 Å². The van der Waals surface area contributed by atoms with Gasteiger partial charge in [-0.25, -0.2) is 4.79 Å². The maximum Gasteiger partial charge on any atom is 0.408 e. The van der Waals surface area contributed by atoms with Crippen molar-refractivity contribution >= 4 is 17.5 Å². The molecule has 5 heteroatoms. The first kappa shape index (κ1) is 11.2. The quantitative estimate of drug-likeness (QED) is 0.519. The number of para-hydroxylation sites is 2. The van der Waals surface area contributed by atoms with Gasteiger partial charge in [0.15, 0.2) is 0 Å². The summed E-state index contributed by atoms with van der Waals surface area (Å²) in [5.41, 5.74) is 7.14. The van der Waals surface area contributed by atoms with Gasteiger partial charge in [-0.05, 0) is 19.1 Å². The lowest BCUT2D eigenvalue weighted by Crippen LogP contribution is -2.38. The molecule has 0 bridgehead atoms. The number of alkyl carbamates (subject to hydrolysis) is 1. The summed E-state index contributed by atoms with van der Waals surface area (Å²) in [6, 6.07) is 7.33. The molecule has 1 aromatic rings. The van der Waals surface area contributed by atoms with E-state index in [9.17, 15) is 4.79 Å². The van der Waals surface area contributed by atoms with Gasteiger partial charge in [0.05, 0.1) is 24.7 Å². The lowest BCUT2D eigenvalue weighted by Gasteiger charge is -2.17. The summed E-state index contributed by atoms with van der Waals surface area (Å²) < 4.78 is 4.47. The molecule has 0 aromatic heterocycles. The fraction of sp³-hybridized carbons (Fsp3) is 0.300. The number of carbonyl (C=O) groups excluding carboxylic acids is 1. The fourth-order valence-electron chi connectivity index (χ4n) is 1.13. The highest BCUT2D eigenvalue weighted by Gasteiger charge is 2.07. The van der Waals surface area contributed by atoms with Gasteiger partial charge in [0, 0.05) is 0 Å². The third-order valence-corrected chi connectivity index (χ3v) is 1.85. The van der Waals surface area contributed by atoms with Gasteiger partial charge in [0.1, 0.15) is 0 Å². The first-order valence-corrected chi connectivity index (χ1v) is 4.59. The van der Waals surface area contributed by atoms with Crippen molar-refractivity contribution in [3.63, 3.8) is 0 Å². The second-order valence-electron chi connectivity index (χ2n) is 3.09. The number of ether oxygens (including phenoxy) is 1. The number of nitrogens with two attached hydrogens (primary N) is 1. The molecule has 15 heavy (non-hydrogen) atoms. The van der Waals surface area contributed by atoms with Gasteiger partial charge in [-0.3, -0.25) is 0 Å². The van der Waals surface area contributed by atoms with Crippen LogP contribution in [0.15, 0.2) is 24.3 Å². The molecule has 1 atom stereocenters. The Labute approximate surface area is 88.6 Å². The number of methoxy groups -OCH3 is 1. The molecule has 82 valence electrons. The average molecular weight is 209 g/mol. The summed E-state index contributed by atoms with van der Waals surface area (Å²) in [6.45, 7) is 1.80. The maximum absolute atomic E-state index is 10.9. The van der Waals surface area contributed by atoms with Crippen LogP contribution in [0.25, 0.3) is 0 Å².